The molecule has 0 amide bonds. The first-order chi connectivity index (χ1) is 17.3. The molecule has 1 atom stereocenters. The highest BCUT2D eigenvalue weighted by molar-refractivity contribution is 7.80. The normalized spacial score (nSPS) is 16.8. The van der Waals surface area contributed by atoms with Crippen molar-refractivity contribution in [2.24, 2.45) is 0 Å². The Morgan fingerprint density at radius 3 is 2.69 bits per heavy atom. The topological polar surface area (TPSA) is 49.5 Å². The highest BCUT2D eigenvalue weighted by atomic mass is 35.5. The van der Waals surface area contributed by atoms with Crippen LogP contribution in [0.5, 0.6) is 11.5 Å². The van der Waals surface area contributed by atoms with Crippen LogP contribution in [0.2, 0.25) is 5.02 Å². The molecule has 0 fully saturated rings. The van der Waals surface area contributed by atoms with Gasteiger partial charge in [-0.1, -0.05) is 35.9 Å². The Morgan fingerprint density at radius 2 is 1.86 bits per heavy atom. The van der Waals surface area contributed by atoms with E-state index in [9.17, 15) is 13.2 Å². The van der Waals surface area contributed by atoms with Crippen molar-refractivity contribution in [2.75, 3.05) is 18.7 Å². The fourth-order valence-corrected chi connectivity index (χ4v) is 5.44. The maximum absolute atomic E-state index is 13.4. The van der Waals surface area contributed by atoms with E-state index in [-0.39, 0.29) is 23.5 Å². The summed E-state index contributed by atoms with van der Waals surface area (Å²) in [7, 11) is 0. The van der Waals surface area contributed by atoms with Gasteiger partial charge in [-0.15, -0.1) is 0 Å². The minimum absolute atomic E-state index is 0.156. The average Bonchev–Trinajstić information content (AvgIpc) is 3.47. The zero-order valence-corrected chi connectivity index (χ0v) is 20.2. The average molecular weight is 530 g/mol. The van der Waals surface area contributed by atoms with Crippen molar-refractivity contribution in [3.8, 4) is 11.5 Å². The third-order valence-corrected chi connectivity index (χ3v) is 7.20. The van der Waals surface area contributed by atoms with E-state index in [0.717, 1.165) is 34.6 Å². The number of nitrogens with one attached hydrogen (secondary N) is 2. The number of ether oxygens (including phenoxy) is 2. The number of anilines is 1. The van der Waals surface area contributed by atoms with Crippen LogP contribution in [0.4, 0.5) is 18.9 Å². The summed E-state index contributed by atoms with van der Waals surface area (Å²) < 4.78 is 51.3. The van der Waals surface area contributed by atoms with Gasteiger partial charge >= 0.3 is 6.18 Å². The van der Waals surface area contributed by atoms with E-state index in [1.165, 1.54) is 17.7 Å². The highest BCUT2D eigenvalue weighted by Crippen LogP contribution is 2.42. The lowest BCUT2D eigenvalue weighted by Gasteiger charge is -2.38. The summed E-state index contributed by atoms with van der Waals surface area (Å²) in [5.41, 5.74) is 3.41. The van der Waals surface area contributed by atoms with Gasteiger partial charge in [-0.05, 0) is 66.2 Å². The summed E-state index contributed by atoms with van der Waals surface area (Å²) >= 11 is 11.5. The van der Waals surface area contributed by atoms with Gasteiger partial charge in [-0.2, -0.15) is 13.2 Å². The molecule has 0 spiro atoms. The molecule has 2 aliphatic rings. The van der Waals surface area contributed by atoms with Crippen molar-refractivity contribution in [3.05, 3.63) is 88.1 Å². The zero-order valence-electron chi connectivity index (χ0n) is 18.7. The number of benzene rings is 3. The third kappa shape index (κ3) is 3.92. The number of hydrogen-bond acceptors (Lipinski definition) is 3. The number of fused-ring (bicyclic) bond motifs is 4. The van der Waals surface area contributed by atoms with Crippen LogP contribution < -0.4 is 14.8 Å². The van der Waals surface area contributed by atoms with Crippen molar-refractivity contribution in [1.82, 2.24) is 9.88 Å². The predicted molar refractivity (Wildman–Crippen MR) is 136 cm³/mol. The Hall–Kier alpha value is -3.43. The minimum Gasteiger partial charge on any atom is -0.454 e. The number of aromatic nitrogens is 1. The Bertz CT molecular complexity index is 1500. The first-order valence-electron chi connectivity index (χ1n) is 11.2. The van der Waals surface area contributed by atoms with Crippen molar-refractivity contribution < 1.29 is 22.6 Å². The molecular weight excluding hydrogens is 511 g/mol. The third-order valence-electron chi connectivity index (χ3n) is 6.53. The summed E-state index contributed by atoms with van der Waals surface area (Å²) in [4.78, 5) is 5.53. The van der Waals surface area contributed by atoms with Gasteiger partial charge in [0, 0.05) is 28.8 Å². The summed E-state index contributed by atoms with van der Waals surface area (Å²) in [6.07, 6.45) is -3.85. The van der Waals surface area contributed by atoms with Crippen molar-refractivity contribution in [1.29, 1.82) is 0 Å². The van der Waals surface area contributed by atoms with Crippen molar-refractivity contribution in [2.45, 2.75) is 18.6 Å². The zero-order chi connectivity index (χ0) is 25.0. The van der Waals surface area contributed by atoms with E-state index >= 15 is 0 Å². The molecule has 1 aromatic heterocycles. The molecule has 0 bridgehead atoms. The number of nitrogens with zero attached hydrogens (tertiary/aromatic N) is 1. The number of rotatable bonds is 2. The van der Waals surface area contributed by atoms with E-state index in [0.29, 0.717) is 23.2 Å². The second kappa shape index (κ2) is 8.60. The summed E-state index contributed by atoms with van der Waals surface area (Å²) in [6.45, 7) is 0.725. The number of H-pyrrole nitrogens is 1. The molecule has 0 saturated carbocycles. The summed E-state index contributed by atoms with van der Waals surface area (Å²) in [5, 5.41) is 4.08. The number of thiocarbonyl (C=S) groups is 1. The monoisotopic (exact) mass is 529 g/mol. The van der Waals surface area contributed by atoms with Crippen molar-refractivity contribution >= 4 is 45.5 Å². The Labute approximate surface area is 214 Å². The molecule has 2 N–H and O–H groups in total. The predicted octanol–water partition coefficient (Wildman–Crippen LogP) is 6.91. The molecule has 2 aliphatic heterocycles. The lowest BCUT2D eigenvalue weighted by molar-refractivity contribution is -0.137. The van der Waals surface area contributed by atoms with Crippen LogP contribution in [-0.4, -0.2) is 28.3 Å². The van der Waals surface area contributed by atoms with Crippen LogP contribution in [0.25, 0.3) is 10.9 Å². The molecule has 5 nitrogen and oxygen atoms in total. The quantitative estimate of drug-likeness (QED) is 0.276. The van der Waals surface area contributed by atoms with Crippen LogP contribution in [0.15, 0.2) is 60.7 Å². The number of alkyl halides is 3. The Kier molecular flexibility index (Phi) is 5.49. The lowest BCUT2D eigenvalue weighted by Crippen LogP contribution is -2.42. The molecule has 3 aromatic carbocycles. The van der Waals surface area contributed by atoms with Crippen molar-refractivity contribution in [3.63, 3.8) is 0 Å². The van der Waals surface area contributed by atoms with Gasteiger partial charge in [0.05, 0.1) is 16.6 Å². The molecule has 0 unspecified atom stereocenters. The van der Waals surface area contributed by atoms with E-state index < -0.39 is 11.7 Å². The molecule has 36 heavy (non-hydrogen) atoms. The van der Waals surface area contributed by atoms with Crippen LogP contribution in [0.3, 0.4) is 0 Å². The van der Waals surface area contributed by atoms with E-state index in [1.807, 2.05) is 41.3 Å². The van der Waals surface area contributed by atoms with Gasteiger partial charge in [-0.25, -0.2) is 0 Å². The molecule has 6 rings (SSSR count). The Balaban J connectivity index is 1.40. The first kappa shape index (κ1) is 23.0. The van der Waals surface area contributed by atoms with Gasteiger partial charge in [-0.3, -0.25) is 0 Å². The summed E-state index contributed by atoms with van der Waals surface area (Å²) in [6, 6.07) is 17.2. The minimum atomic E-state index is -4.57. The SMILES string of the molecule is FC(F)(F)c1cc(NC(=S)N2CCc3c([nH]c4ccccc34)[C@@H]2c2ccc3c(c2)OCO3)ccc1Cl. The molecule has 0 saturated heterocycles. The molecule has 0 aliphatic carbocycles. The second-order valence-corrected chi connectivity index (χ2v) is 9.44. The molecule has 0 radical (unpaired) electrons. The summed E-state index contributed by atoms with van der Waals surface area (Å²) in [5.74, 6) is 1.31. The van der Waals surface area contributed by atoms with E-state index in [2.05, 4.69) is 16.4 Å². The molecule has 4 aromatic rings. The molecule has 3 heterocycles. The number of para-hydroxylation sites is 1. The van der Waals surface area contributed by atoms with E-state index in [1.54, 1.807) is 0 Å². The fourth-order valence-electron chi connectivity index (χ4n) is 4.90. The van der Waals surface area contributed by atoms with Crippen LogP contribution in [0, 0.1) is 0 Å². The van der Waals surface area contributed by atoms with Crippen LogP contribution >= 0.6 is 23.8 Å². The number of halogens is 4. The second-order valence-electron chi connectivity index (χ2n) is 8.64. The fraction of sp³-hybridized carbons (Fsp3) is 0.192. The van der Waals surface area contributed by atoms with Gasteiger partial charge in [0.25, 0.3) is 0 Å². The molecule has 10 heteroatoms. The number of hydrogen-bond donors (Lipinski definition) is 2. The van der Waals surface area contributed by atoms with Crippen LogP contribution in [0.1, 0.15) is 28.4 Å². The first-order valence-corrected chi connectivity index (χ1v) is 12.0. The smallest absolute Gasteiger partial charge is 0.417 e. The van der Waals surface area contributed by atoms with E-state index in [4.69, 9.17) is 33.3 Å². The standard InChI is InChI=1S/C26H19ClF3N3O2S/c27-19-7-6-15(12-18(19)26(28,29)30)31-25(36)33-10-9-17-16-3-1-2-4-20(16)32-23(17)24(33)14-5-8-21-22(11-14)35-13-34-21/h1-8,11-12,24,32H,9-10,13H2,(H,31,36)/t24-/m0/s1. The van der Waals surface area contributed by atoms with Crippen LogP contribution in [-0.2, 0) is 12.6 Å². The van der Waals surface area contributed by atoms with Gasteiger partial charge in [0.15, 0.2) is 16.6 Å². The van der Waals surface area contributed by atoms with Gasteiger partial charge in [0.1, 0.15) is 0 Å². The molecule has 184 valence electrons. The largest absolute Gasteiger partial charge is 0.454 e. The lowest BCUT2D eigenvalue weighted by atomic mass is 9.92. The van der Waals surface area contributed by atoms with Gasteiger partial charge < -0.3 is 24.7 Å². The highest BCUT2D eigenvalue weighted by Gasteiger charge is 2.36. The van der Waals surface area contributed by atoms with Gasteiger partial charge in [0.2, 0.25) is 6.79 Å². The molecular formula is C26H19ClF3N3O2S. The number of aromatic amines is 1. The Morgan fingerprint density at radius 1 is 1.06 bits per heavy atom. The maximum atomic E-state index is 13.4. The maximum Gasteiger partial charge on any atom is 0.417 e.